The number of aryl methyl sites for hydroxylation is 2. The highest BCUT2D eigenvalue weighted by Crippen LogP contribution is 2.25. The molecule has 0 atom stereocenters. The first-order valence-corrected chi connectivity index (χ1v) is 8.30. The maximum absolute atomic E-state index is 14.2. The van der Waals surface area contributed by atoms with E-state index < -0.39 is 5.82 Å². The Morgan fingerprint density at radius 2 is 1.81 bits per heavy atom. The number of rotatable bonds is 4. The van der Waals surface area contributed by atoms with Gasteiger partial charge < -0.3 is 15.6 Å². The van der Waals surface area contributed by atoms with Gasteiger partial charge in [0.1, 0.15) is 0 Å². The minimum absolute atomic E-state index is 0.125. The van der Waals surface area contributed by atoms with E-state index in [-0.39, 0.29) is 5.82 Å². The van der Waals surface area contributed by atoms with Crippen molar-refractivity contribution in [3.63, 3.8) is 0 Å². The molecular formula is C20H18FN5. The fourth-order valence-electron chi connectivity index (χ4n) is 2.90. The summed E-state index contributed by atoms with van der Waals surface area (Å²) in [7, 11) is 0. The molecule has 26 heavy (non-hydrogen) atoms. The molecule has 5 nitrogen and oxygen atoms in total. The molecule has 0 spiro atoms. The molecule has 0 saturated carbocycles. The largest absolute Gasteiger partial charge is 0.361 e. The first-order chi connectivity index (χ1) is 12.6. The highest BCUT2D eigenvalue weighted by atomic mass is 19.1. The highest BCUT2D eigenvalue weighted by Gasteiger charge is 2.10. The molecule has 0 aliphatic rings. The van der Waals surface area contributed by atoms with E-state index in [0.29, 0.717) is 5.95 Å². The summed E-state index contributed by atoms with van der Waals surface area (Å²) in [6.07, 6.45) is 3.03. The van der Waals surface area contributed by atoms with Crippen molar-refractivity contribution in [1.29, 1.82) is 0 Å². The standard InChI is InChI=1S/C20H18FN5/c1-12-4-3-5-13(2)18(12)25-20-23-11-16(21)19(26-20)24-15-7-6-14-8-9-22-17(14)10-15/h3-11,22H,1-2H3,(H2,23,24,25,26). The van der Waals surface area contributed by atoms with E-state index in [1.165, 1.54) is 6.20 Å². The summed E-state index contributed by atoms with van der Waals surface area (Å²) in [4.78, 5) is 11.5. The van der Waals surface area contributed by atoms with Gasteiger partial charge in [-0.3, -0.25) is 0 Å². The van der Waals surface area contributed by atoms with Crippen molar-refractivity contribution in [3.8, 4) is 0 Å². The van der Waals surface area contributed by atoms with E-state index in [2.05, 4.69) is 25.6 Å². The zero-order valence-electron chi connectivity index (χ0n) is 14.5. The van der Waals surface area contributed by atoms with Gasteiger partial charge in [-0.2, -0.15) is 4.98 Å². The zero-order chi connectivity index (χ0) is 18.1. The third-order valence-electron chi connectivity index (χ3n) is 4.28. The molecule has 2 aromatic carbocycles. The second kappa shape index (κ2) is 6.48. The van der Waals surface area contributed by atoms with Crippen molar-refractivity contribution in [1.82, 2.24) is 15.0 Å². The van der Waals surface area contributed by atoms with Crippen LogP contribution in [0.4, 0.5) is 27.5 Å². The number of H-pyrrole nitrogens is 1. The number of hydrogen-bond acceptors (Lipinski definition) is 4. The fourth-order valence-corrected chi connectivity index (χ4v) is 2.90. The van der Waals surface area contributed by atoms with Gasteiger partial charge in [-0.25, -0.2) is 9.37 Å². The monoisotopic (exact) mass is 347 g/mol. The van der Waals surface area contributed by atoms with E-state index in [1.54, 1.807) is 0 Å². The van der Waals surface area contributed by atoms with Crippen LogP contribution >= 0.6 is 0 Å². The zero-order valence-corrected chi connectivity index (χ0v) is 14.5. The molecule has 0 saturated heterocycles. The maximum Gasteiger partial charge on any atom is 0.229 e. The summed E-state index contributed by atoms with van der Waals surface area (Å²) in [6.45, 7) is 4.01. The van der Waals surface area contributed by atoms with Gasteiger partial charge in [0, 0.05) is 23.1 Å². The van der Waals surface area contributed by atoms with Gasteiger partial charge in [-0.15, -0.1) is 0 Å². The Hall–Kier alpha value is -3.41. The number of anilines is 4. The van der Waals surface area contributed by atoms with Crippen molar-refractivity contribution >= 4 is 34.0 Å². The van der Waals surface area contributed by atoms with Gasteiger partial charge in [0.15, 0.2) is 11.6 Å². The van der Waals surface area contributed by atoms with E-state index in [1.807, 2.05) is 62.5 Å². The number of fused-ring (bicyclic) bond motifs is 1. The molecule has 130 valence electrons. The van der Waals surface area contributed by atoms with Crippen LogP contribution in [0.25, 0.3) is 10.9 Å². The first kappa shape index (κ1) is 16.1. The van der Waals surface area contributed by atoms with Gasteiger partial charge in [0.25, 0.3) is 0 Å². The van der Waals surface area contributed by atoms with E-state index in [4.69, 9.17) is 0 Å². The van der Waals surface area contributed by atoms with Gasteiger partial charge in [0.2, 0.25) is 5.95 Å². The average molecular weight is 347 g/mol. The molecule has 2 heterocycles. The van der Waals surface area contributed by atoms with Gasteiger partial charge >= 0.3 is 0 Å². The molecule has 0 radical (unpaired) electrons. The summed E-state index contributed by atoms with van der Waals surface area (Å²) in [5.41, 5.74) is 4.79. The van der Waals surface area contributed by atoms with Crippen molar-refractivity contribution in [2.24, 2.45) is 0 Å². The molecule has 0 aliphatic carbocycles. The van der Waals surface area contributed by atoms with E-state index in [9.17, 15) is 4.39 Å². The summed E-state index contributed by atoms with van der Waals surface area (Å²) in [5.74, 6) is -0.0458. The molecule has 4 aromatic rings. The Balaban J connectivity index is 1.63. The second-order valence-corrected chi connectivity index (χ2v) is 6.19. The van der Waals surface area contributed by atoms with Crippen LogP contribution in [0.2, 0.25) is 0 Å². The average Bonchev–Trinajstić information content (AvgIpc) is 3.09. The molecule has 0 bridgehead atoms. The molecule has 6 heteroatoms. The number of benzene rings is 2. The SMILES string of the molecule is Cc1cccc(C)c1Nc1ncc(F)c(Nc2ccc3cc[nH]c3c2)n1. The molecule has 2 aromatic heterocycles. The quantitative estimate of drug-likeness (QED) is 0.475. The number of nitrogens with one attached hydrogen (secondary N) is 3. The van der Waals surface area contributed by atoms with Gasteiger partial charge in [-0.05, 0) is 48.6 Å². The van der Waals surface area contributed by atoms with Crippen LogP contribution in [-0.2, 0) is 0 Å². The van der Waals surface area contributed by atoms with Crippen LogP contribution in [0.15, 0.2) is 54.9 Å². The molecular weight excluding hydrogens is 329 g/mol. The number of hydrogen-bond donors (Lipinski definition) is 3. The molecule has 0 amide bonds. The third-order valence-corrected chi connectivity index (χ3v) is 4.28. The number of nitrogens with zero attached hydrogens (tertiary/aromatic N) is 2. The highest BCUT2D eigenvalue weighted by molar-refractivity contribution is 5.83. The van der Waals surface area contributed by atoms with Crippen LogP contribution in [0.1, 0.15) is 11.1 Å². The Morgan fingerprint density at radius 1 is 1.00 bits per heavy atom. The molecule has 3 N–H and O–H groups in total. The van der Waals surface area contributed by atoms with Gasteiger partial charge in [-0.1, -0.05) is 24.3 Å². The predicted molar refractivity (Wildman–Crippen MR) is 103 cm³/mol. The van der Waals surface area contributed by atoms with E-state index in [0.717, 1.165) is 33.4 Å². The number of halogens is 1. The van der Waals surface area contributed by atoms with Crippen molar-refractivity contribution in [2.45, 2.75) is 13.8 Å². The Labute approximate surface area is 150 Å². The van der Waals surface area contributed by atoms with E-state index >= 15 is 0 Å². The van der Waals surface area contributed by atoms with Crippen LogP contribution in [0, 0.1) is 19.7 Å². The Kier molecular flexibility index (Phi) is 4.01. The Bertz CT molecular complexity index is 1070. The maximum atomic E-state index is 14.2. The van der Waals surface area contributed by atoms with Crippen molar-refractivity contribution in [3.05, 3.63) is 71.8 Å². The molecule has 0 unspecified atom stereocenters. The lowest BCUT2D eigenvalue weighted by Crippen LogP contribution is -2.04. The summed E-state index contributed by atoms with van der Waals surface area (Å²) >= 11 is 0. The summed E-state index contributed by atoms with van der Waals surface area (Å²) in [5, 5.41) is 7.30. The van der Waals surface area contributed by atoms with Crippen LogP contribution in [0.3, 0.4) is 0 Å². The summed E-state index contributed by atoms with van der Waals surface area (Å²) in [6, 6.07) is 13.7. The Morgan fingerprint density at radius 3 is 2.62 bits per heavy atom. The number of aromatic nitrogens is 3. The fraction of sp³-hybridized carbons (Fsp3) is 0.100. The minimum atomic E-state index is -0.511. The summed E-state index contributed by atoms with van der Waals surface area (Å²) < 4.78 is 14.2. The van der Waals surface area contributed by atoms with Crippen molar-refractivity contribution in [2.75, 3.05) is 10.6 Å². The minimum Gasteiger partial charge on any atom is -0.361 e. The topological polar surface area (TPSA) is 65.6 Å². The first-order valence-electron chi connectivity index (χ1n) is 8.30. The lowest BCUT2D eigenvalue weighted by molar-refractivity contribution is 0.619. The van der Waals surface area contributed by atoms with Crippen LogP contribution in [-0.4, -0.2) is 15.0 Å². The van der Waals surface area contributed by atoms with Crippen molar-refractivity contribution < 1.29 is 4.39 Å². The second-order valence-electron chi connectivity index (χ2n) is 6.19. The van der Waals surface area contributed by atoms with Crippen LogP contribution < -0.4 is 10.6 Å². The molecule has 4 rings (SSSR count). The number of aromatic amines is 1. The lowest BCUT2D eigenvalue weighted by Gasteiger charge is -2.13. The third kappa shape index (κ3) is 3.09. The smallest absolute Gasteiger partial charge is 0.229 e. The lowest BCUT2D eigenvalue weighted by atomic mass is 10.1. The predicted octanol–water partition coefficient (Wildman–Crippen LogP) is 5.20. The molecule has 0 fully saturated rings. The normalized spacial score (nSPS) is 10.9. The van der Waals surface area contributed by atoms with Gasteiger partial charge in [0.05, 0.1) is 6.20 Å². The number of para-hydroxylation sites is 1. The molecule has 0 aliphatic heterocycles. The van der Waals surface area contributed by atoms with Crippen LogP contribution in [0.5, 0.6) is 0 Å².